The third kappa shape index (κ3) is 2.13. The Labute approximate surface area is 70.0 Å². The summed E-state index contributed by atoms with van der Waals surface area (Å²) in [4.78, 5) is 10.2. The van der Waals surface area contributed by atoms with Crippen molar-refractivity contribution in [3.8, 4) is 0 Å². The number of aliphatic hydroxyl groups is 1. The maximum atomic E-state index is 10.2. The van der Waals surface area contributed by atoms with Gasteiger partial charge in [0.05, 0.1) is 18.8 Å². The van der Waals surface area contributed by atoms with Crippen LogP contribution in [-0.2, 0) is 6.54 Å². The summed E-state index contributed by atoms with van der Waals surface area (Å²) in [6, 6.07) is 0. The van der Waals surface area contributed by atoms with Gasteiger partial charge in [-0.15, -0.1) is 5.10 Å². The molecule has 0 aliphatic heterocycles. The van der Waals surface area contributed by atoms with Gasteiger partial charge in [-0.3, -0.25) is 4.79 Å². The van der Waals surface area contributed by atoms with Gasteiger partial charge < -0.3 is 5.11 Å². The number of nitrogens with zero attached hydrogens (tertiary/aromatic N) is 3. The third-order valence-electron chi connectivity index (χ3n) is 1.55. The molecule has 5 heteroatoms. The van der Waals surface area contributed by atoms with Gasteiger partial charge in [0.15, 0.2) is 6.29 Å². The number of aliphatic hydroxyl groups excluding tert-OH is 1. The fourth-order valence-electron chi connectivity index (χ4n) is 0.802. The van der Waals surface area contributed by atoms with Crippen molar-refractivity contribution in [2.45, 2.75) is 26.0 Å². The van der Waals surface area contributed by atoms with Gasteiger partial charge in [0, 0.05) is 0 Å². The van der Waals surface area contributed by atoms with Crippen molar-refractivity contribution in [3.05, 3.63) is 11.9 Å². The Hall–Kier alpha value is -1.23. The van der Waals surface area contributed by atoms with Crippen molar-refractivity contribution in [1.29, 1.82) is 0 Å². The van der Waals surface area contributed by atoms with Gasteiger partial charge in [-0.05, 0) is 6.42 Å². The minimum absolute atomic E-state index is 0.290. The molecule has 1 heterocycles. The normalized spacial score (nSPS) is 12.8. The molecule has 0 spiro atoms. The average molecular weight is 169 g/mol. The largest absolute Gasteiger partial charge is 0.391 e. The number of aldehydes is 1. The molecule has 12 heavy (non-hydrogen) atoms. The average Bonchev–Trinajstić information content (AvgIpc) is 2.52. The molecule has 1 rings (SSSR count). The molecule has 5 nitrogen and oxygen atoms in total. The monoisotopic (exact) mass is 169 g/mol. The predicted molar refractivity (Wildman–Crippen MR) is 41.7 cm³/mol. The summed E-state index contributed by atoms with van der Waals surface area (Å²) in [7, 11) is 0. The van der Waals surface area contributed by atoms with Gasteiger partial charge in [-0.25, -0.2) is 4.68 Å². The maximum absolute atomic E-state index is 10.2. The molecule has 0 amide bonds. The van der Waals surface area contributed by atoms with E-state index in [1.807, 2.05) is 6.92 Å². The number of carbonyl (C=O) groups excluding carboxylic acids is 1. The van der Waals surface area contributed by atoms with Crippen molar-refractivity contribution >= 4 is 6.29 Å². The van der Waals surface area contributed by atoms with Crippen molar-refractivity contribution in [2.75, 3.05) is 0 Å². The van der Waals surface area contributed by atoms with Crippen LogP contribution in [0.25, 0.3) is 0 Å². The van der Waals surface area contributed by atoms with E-state index in [-0.39, 0.29) is 0 Å². The van der Waals surface area contributed by atoms with Crippen LogP contribution in [0.5, 0.6) is 0 Å². The maximum Gasteiger partial charge on any atom is 0.171 e. The van der Waals surface area contributed by atoms with Crippen LogP contribution in [0.4, 0.5) is 0 Å². The van der Waals surface area contributed by atoms with Gasteiger partial charge in [0.1, 0.15) is 5.69 Å². The van der Waals surface area contributed by atoms with Gasteiger partial charge in [-0.1, -0.05) is 12.1 Å². The molecule has 1 aromatic heterocycles. The van der Waals surface area contributed by atoms with Crippen molar-refractivity contribution < 1.29 is 9.90 Å². The van der Waals surface area contributed by atoms with Crippen LogP contribution in [0, 0.1) is 0 Å². The second kappa shape index (κ2) is 3.96. The lowest BCUT2D eigenvalue weighted by molar-refractivity contribution is 0.111. The van der Waals surface area contributed by atoms with E-state index < -0.39 is 6.10 Å². The van der Waals surface area contributed by atoms with Gasteiger partial charge in [0.2, 0.25) is 0 Å². The van der Waals surface area contributed by atoms with Crippen molar-refractivity contribution in [3.63, 3.8) is 0 Å². The highest BCUT2D eigenvalue weighted by Gasteiger charge is 2.04. The summed E-state index contributed by atoms with van der Waals surface area (Å²) < 4.78 is 1.46. The first-order valence-electron chi connectivity index (χ1n) is 3.79. The molecule has 66 valence electrons. The number of aromatic nitrogens is 3. The van der Waals surface area contributed by atoms with Gasteiger partial charge in [-0.2, -0.15) is 0 Å². The molecule has 1 aromatic rings. The van der Waals surface area contributed by atoms with Crippen LogP contribution in [-0.4, -0.2) is 32.5 Å². The summed E-state index contributed by atoms with van der Waals surface area (Å²) >= 11 is 0. The molecule has 0 saturated heterocycles. The zero-order valence-electron chi connectivity index (χ0n) is 6.84. The molecule has 1 atom stereocenters. The number of rotatable bonds is 4. The Morgan fingerprint density at radius 1 is 1.83 bits per heavy atom. The smallest absolute Gasteiger partial charge is 0.171 e. The first-order valence-corrected chi connectivity index (χ1v) is 3.79. The molecule has 0 bridgehead atoms. The van der Waals surface area contributed by atoms with Crippen LogP contribution in [0.15, 0.2) is 6.20 Å². The van der Waals surface area contributed by atoms with Gasteiger partial charge in [0.25, 0.3) is 0 Å². The van der Waals surface area contributed by atoms with E-state index in [1.165, 1.54) is 10.9 Å². The van der Waals surface area contributed by atoms with Crippen LogP contribution in [0.3, 0.4) is 0 Å². The Morgan fingerprint density at radius 2 is 2.58 bits per heavy atom. The van der Waals surface area contributed by atoms with E-state index in [1.54, 1.807) is 0 Å². The first-order chi connectivity index (χ1) is 5.76. The van der Waals surface area contributed by atoms with Gasteiger partial charge >= 0.3 is 0 Å². The SMILES string of the molecule is CC[C@@H](O)Cn1cc(C=O)nn1. The van der Waals surface area contributed by atoms with E-state index >= 15 is 0 Å². The molecule has 0 aliphatic rings. The van der Waals surface area contributed by atoms with Crippen LogP contribution < -0.4 is 0 Å². The predicted octanol–water partition coefficient (Wildman–Crippen LogP) is -0.139. The molecule has 0 saturated carbocycles. The lowest BCUT2D eigenvalue weighted by Crippen LogP contribution is -2.15. The molecule has 0 aromatic carbocycles. The minimum atomic E-state index is -0.425. The molecular weight excluding hydrogens is 158 g/mol. The lowest BCUT2D eigenvalue weighted by atomic mass is 10.3. The summed E-state index contributed by atoms with van der Waals surface area (Å²) in [5.41, 5.74) is 0.290. The Kier molecular flexibility index (Phi) is 2.93. The highest BCUT2D eigenvalue weighted by molar-refractivity contribution is 5.70. The molecule has 0 fully saturated rings. The fourth-order valence-corrected chi connectivity index (χ4v) is 0.802. The summed E-state index contributed by atoms with van der Waals surface area (Å²) in [6.45, 7) is 2.26. The summed E-state index contributed by atoms with van der Waals surface area (Å²) in [5, 5.41) is 16.4. The van der Waals surface area contributed by atoms with E-state index in [2.05, 4.69) is 10.3 Å². The Morgan fingerprint density at radius 3 is 3.08 bits per heavy atom. The standard InChI is InChI=1S/C7H11N3O2/c1-2-7(12)4-10-3-6(5-11)8-9-10/h3,5,7,12H,2,4H2,1H3/t7-/m1/s1. The van der Waals surface area contributed by atoms with E-state index in [9.17, 15) is 9.90 Å². The number of carbonyl (C=O) groups is 1. The lowest BCUT2D eigenvalue weighted by Gasteiger charge is -2.05. The fraction of sp³-hybridized carbons (Fsp3) is 0.571. The zero-order valence-corrected chi connectivity index (χ0v) is 6.84. The summed E-state index contributed by atoms with van der Waals surface area (Å²) in [5.74, 6) is 0. The third-order valence-corrected chi connectivity index (χ3v) is 1.55. The highest BCUT2D eigenvalue weighted by atomic mass is 16.3. The second-order valence-electron chi connectivity index (χ2n) is 2.55. The van der Waals surface area contributed by atoms with E-state index in [0.29, 0.717) is 24.9 Å². The molecule has 0 radical (unpaired) electrons. The van der Waals surface area contributed by atoms with E-state index in [0.717, 1.165) is 0 Å². The molecule has 1 N–H and O–H groups in total. The topological polar surface area (TPSA) is 68.0 Å². The number of hydrogen-bond donors (Lipinski definition) is 1. The van der Waals surface area contributed by atoms with Crippen LogP contribution >= 0.6 is 0 Å². The molecule has 0 unspecified atom stereocenters. The minimum Gasteiger partial charge on any atom is -0.391 e. The second-order valence-corrected chi connectivity index (χ2v) is 2.55. The highest BCUT2D eigenvalue weighted by Crippen LogP contribution is 1.95. The van der Waals surface area contributed by atoms with Crippen LogP contribution in [0.2, 0.25) is 0 Å². The number of hydrogen-bond acceptors (Lipinski definition) is 4. The quantitative estimate of drug-likeness (QED) is 0.637. The Bertz CT molecular complexity index is 259. The van der Waals surface area contributed by atoms with Crippen molar-refractivity contribution in [2.24, 2.45) is 0 Å². The van der Waals surface area contributed by atoms with Crippen molar-refractivity contribution in [1.82, 2.24) is 15.0 Å². The summed E-state index contributed by atoms with van der Waals surface area (Å²) in [6.07, 6.45) is 2.37. The molecule has 0 aliphatic carbocycles. The molecular formula is C7H11N3O2. The van der Waals surface area contributed by atoms with E-state index in [4.69, 9.17) is 0 Å². The first kappa shape index (κ1) is 8.86. The Balaban J connectivity index is 2.57. The van der Waals surface area contributed by atoms with Crippen LogP contribution in [0.1, 0.15) is 23.8 Å². The zero-order chi connectivity index (χ0) is 8.97.